The molecule has 4 rings (SSSR count). The topological polar surface area (TPSA) is 86.3 Å². The van der Waals surface area contributed by atoms with Crippen molar-refractivity contribution in [2.75, 3.05) is 5.32 Å². The van der Waals surface area contributed by atoms with Crippen LogP contribution in [-0.4, -0.2) is 34.1 Å². The number of rotatable bonds is 4. The first kappa shape index (κ1) is 17.1. The lowest BCUT2D eigenvalue weighted by atomic mass is 10.3. The van der Waals surface area contributed by atoms with E-state index in [-0.39, 0.29) is 0 Å². The highest BCUT2D eigenvalue weighted by Gasteiger charge is 2.12. The van der Waals surface area contributed by atoms with Gasteiger partial charge in [0.05, 0.1) is 17.4 Å². The second-order valence-electron chi connectivity index (χ2n) is 6.85. The van der Waals surface area contributed by atoms with Gasteiger partial charge in [-0.15, -0.1) is 0 Å². The Balaban J connectivity index is 1.69. The van der Waals surface area contributed by atoms with Crippen molar-refractivity contribution in [3.63, 3.8) is 0 Å². The van der Waals surface area contributed by atoms with E-state index in [9.17, 15) is 0 Å². The Morgan fingerprint density at radius 3 is 2.48 bits per heavy atom. The fraction of sp³-hybridized carbons (Fsp3) is 0.316. The lowest BCUT2D eigenvalue weighted by molar-refractivity contribution is 0.600. The smallest absolute Gasteiger partial charge is 0.237 e. The molecule has 0 aliphatic rings. The largest absolute Gasteiger partial charge is 0.326 e. The lowest BCUT2D eigenvalue weighted by Crippen LogP contribution is -2.05. The van der Waals surface area contributed by atoms with Crippen molar-refractivity contribution in [1.29, 1.82) is 0 Å². The molecule has 0 spiro atoms. The molecule has 0 fully saturated rings. The Kier molecular flexibility index (Phi) is 4.10. The standard InChI is InChI=1S/C19H22N8/c1-11(2)27-14(5)23-15-9-21-18(8-16(15)27)24-17-6-7-20-19(25-17)26-10-12(3)22-13(26)4/h6-11H,1-5H3,(H,20,21,24,25). The molecule has 8 nitrogen and oxygen atoms in total. The van der Waals surface area contributed by atoms with Crippen LogP contribution in [0.5, 0.6) is 0 Å². The first-order valence-corrected chi connectivity index (χ1v) is 8.90. The molecule has 0 aliphatic carbocycles. The van der Waals surface area contributed by atoms with Gasteiger partial charge in [-0.3, -0.25) is 4.57 Å². The summed E-state index contributed by atoms with van der Waals surface area (Å²) >= 11 is 0. The van der Waals surface area contributed by atoms with E-state index in [2.05, 4.69) is 48.7 Å². The van der Waals surface area contributed by atoms with E-state index >= 15 is 0 Å². The van der Waals surface area contributed by atoms with E-state index in [1.54, 1.807) is 12.4 Å². The molecular weight excluding hydrogens is 340 g/mol. The normalized spacial score (nSPS) is 11.5. The minimum atomic E-state index is 0.323. The van der Waals surface area contributed by atoms with E-state index in [4.69, 9.17) is 0 Å². The quantitative estimate of drug-likeness (QED) is 0.596. The van der Waals surface area contributed by atoms with Crippen molar-refractivity contribution in [3.05, 3.63) is 48.1 Å². The number of hydrogen-bond donors (Lipinski definition) is 1. The first-order chi connectivity index (χ1) is 12.9. The van der Waals surface area contributed by atoms with Gasteiger partial charge in [-0.2, -0.15) is 4.98 Å². The molecular formula is C19H22N8. The third-order valence-electron chi connectivity index (χ3n) is 4.39. The molecule has 4 heterocycles. The predicted molar refractivity (Wildman–Crippen MR) is 105 cm³/mol. The minimum absolute atomic E-state index is 0.323. The third kappa shape index (κ3) is 3.14. The molecule has 0 aliphatic heterocycles. The number of nitrogens with zero attached hydrogens (tertiary/aromatic N) is 7. The van der Waals surface area contributed by atoms with E-state index in [1.165, 1.54) is 0 Å². The maximum absolute atomic E-state index is 4.59. The van der Waals surface area contributed by atoms with Crippen LogP contribution in [0.3, 0.4) is 0 Å². The highest BCUT2D eigenvalue weighted by molar-refractivity contribution is 5.79. The van der Waals surface area contributed by atoms with E-state index < -0.39 is 0 Å². The van der Waals surface area contributed by atoms with Gasteiger partial charge in [0, 0.05) is 24.5 Å². The molecule has 0 radical (unpaired) electrons. The molecule has 0 amide bonds. The zero-order valence-electron chi connectivity index (χ0n) is 16.1. The van der Waals surface area contributed by atoms with Gasteiger partial charge in [-0.05, 0) is 40.7 Å². The SMILES string of the molecule is Cc1cn(-c2nccc(Nc3cc4c(cn3)nc(C)n4C(C)C)n2)c(C)n1. The van der Waals surface area contributed by atoms with Crippen molar-refractivity contribution in [2.45, 2.75) is 40.7 Å². The Hall–Kier alpha value is -3.29. The van der Waals surface area contributed by atoms with Crippen molar-refractivity contribution in [2.24, 2.45) is 0 Å². The molecule has 4 aromatic heterocycles. The molecule has 8 heteroatoms. The highest BCUT2D eigenvalue weighted by atomic mass is 15.2. The number of nitrogens with one attached hydrogen (secondary N) is 1. The molecule has 1 N–H and O–H groups in total. The average Bonchev–Trinajstić information content (AvgIpc) is 3.12. The monoisotopic (exact) mass is 362 g/mol. The molecule has 0 saturated heterocycles. The summed E-state index contributed by atoms with van der Waals surface area (Å²) < 4.78 is 4.07. The van der Waals surface area contributed by atoms with E-state index in [1.807, 2.05) is 43.7 Å². The number of aromatic nitrogens is 7. The van der Waals surface area contributed by atoms with Crippen LogP contribution in [0.2, 0.25) is 0 Å². The molecule has 0 aromatic carbocycles. The number of anilines is 2. The van der Waals surface area contributed by atoms with Gasteiger partial charge in [0.1, 0.15) is 28.8 Å². The summed E-state index contributed by atoms with van der Waals surface area (Å²) in [5.74, 6) is 3.79. The van der Waals surface area contributed by atoms with Gasteiger partial charge in [-0.1, -0.05) is 0 Å². The van der Waals surface area contributed by atoms with Crippen LogP contribution in [0, 0.1) is 20.8 Å². The Labute approximate surface area is 157 Å². The third-order valence-corrected chi connectivity index (χ3v) is 4.39. The fourth-order valence-electron chi connectivity index (χ4n) is 3.33. The molecule has 0 unspecified atom stereocenters. The summed E-state index contributed by atoms with van der Waals surface area (Å²) in [4.78, 5) is 22.4. The van der Waals surface area contributed by atoms with Gasteiger partial charge in [-0.25, -0.2) is 19.9 Å². The summed E-state index contributed by atoms with van der Waals surface area (Å²) in [6, 6.07) is 4.15. The van der Waals surface area contributed by atoms with Crippen LogP contribution in [0.1, 0.15) is 37.2 Å². The lowest BCUT2D eigenvalue weighted by Gasteiger charge is -2.11. The van der Waals surface area contributed by atoms with Crippen LogP contribution in [0.4, 0.5) is 11.6 Å². The first-order valence-electron chi connectivity index (χ1n) is 8.90. The summed E-state index contributed by atoms with van der Waals surface area (Å²) in [5.41, 5.74) is 2.87. The van der Waals surface area contributed by atoms with E-state index in [0.29, 0.717) is 23.6 Å². The minimum Gasteiger partial charge on any atom is -0.326 e. The van der Waals surface area contributed by atoms with Gasteiger partial charge in [0.25, 0.3) is 0 Å². The average molecular weight is 362 g/mol. The fourth-order valence-corrected chi connectivity index (χ4v) is 3.33. The highest BCUT2D eigenvalue weighted by Crippen LogP contribution is 2.23. The zero-order chi connectivity index (χ0) is 19.1. The predicted octanol–water partition coefficient (Wildman–Crippen LogP) is 3.66. The number of hydrogen-bond acceptors (Lipinski definition) is 6. The molecule has 4 aromatic rings. The van der Waals surface area contributed by atoms with Gasteiger partial charge < -0.3 is 9.88 Å². The van der Waals surface area contributed by atoms with Gasteiger partial charge in [0.15, 0.2) is 0 Å². The van der Waals surface area contributed by atoms with Crippen LogP contribution >= 0.6 is 0 Å². The van der Waals surface area contributed by atoms with Crippen LogP contribution in [-0.2, 0) is 0 Å². The summed E-state index contributed by atoms with van der Waals surface area (Å²) in [6.07, 6.45) is 5.43. The van der Waals surface area contributed by atoms with Crippen molar-refractivity contribution < 1.29 is 0 Å². The van der Waals surface area contributed by atoms with Crippen LogP contribution < -0.4 is 5.32 Å². The van der Waals surface area contributed by atoms with Gasteiger partial charge in [0.2, 0.25) is 5.95 Å². The number of pyridine rings is 1. The van der Waals surface area contributed by atoms with Crippen molar-refractivity contribution in [1.82, 2.24) is 34.1 Å². The molecule has 0 saturated carbocycles. The van der Waals surface area contributed by atoms with Crippen LogP contribution in [0.25, 0.3) is 17.0 Å². The Bertz CT molecular complexity index is 1120. The maximum Gasteiger partial charge on any atom is 0.237 e. The summed E-state index contributed by atoms with van der Waals surface area (Å²) in [5, 5.41) is 3.27. The van der Waals surface area contributed by atoms with E-state index in [0.717, 1.165) is 28.4 Å². The molecule has 27 heavy (non-hydrogen) atoms. The Morgan fingerprint density at radius 2 is 1.78 bits per heavy atom. The number of aryl methyl sites for hydroxylation is 3. The van der Waals surface area contributed by atoms with Crippen LogP contribution in [0.15, 0.2) is 30.7 Å². The van der Waals surface area contributed by atoms with Crippen molar-refractivity contribution in [3.8, 4) is 5.95 Å². The van der Waals surface area contributed by atoms with Gasteiger partial charge >= 0.3 is 0 Å². The van der Waals surface area contributed by atoms with Crippen molar-refractivity contribution >= 4 is 22.7 Å². The molecule has 138 valence electrons. The second-order valence-corrected chi connectivity index (χ2v) is 6.85. The number of fused-ring (bicyclic) bond motifs is 1. The number of imidazole rings is 2. The summed E-state index contributed by atoms with van der Waals surface area (Å²) in [7, 11) is 0. The second kappa shape index (κ2) is 6.46. The maximum atomic E-state index is 4.59. The zero-order valence-corrected chi connectivity index (χ0v) is 16.1. The molecule has 0 bridgehead atoms. The molecule has 0 atom stereocenters. The summed E-state index contributed by atoms with van der Waals surface area (Å²) in [6.45, 7) is 10.2. The Morgan fingerprint density at radius 1 is 0.963 bits per heavy atom.